The number of aliphatic hydroxyl groups excluding tert-OH is 1. The van der Waals surface area contributed by atoms with Crippen molar-refractivity contribution in [3.05, 3.63) is 0 Å². The Bertz CT molecular complexity index is 160. The molecule has 0 heterocycles. The smallest absolute Gasteiger partial charge is 0.0448 e. The summed E-state index contributed by atoms with van der Waals surface area (Å²) in [5.41, 5.74) is 0.236. The molecule has 1 aliphatic carbocycles. The summed E-state index contributed by atoms with van der Waals surface area (Å²) in [6, 6.07) is 0. The van der Waals surface area contributed by atoms with Gasteiger partial charge in [-0.05, 0) is 51.0 Å². The van der Waals surface area contributed by atoms with Gasteiger partial charge < -0.3 is 10.4 Å². The third kappa shape index (κ3) is 2.71. The lowest BCUT2D eigenvalue weighted by Gasteiger charge is -2.41. The molecule has 0 unspecified atom stereocenters. The van der Waals surface area contributed by atoms with Crippen LogP contribution in [0.2, 0.25) is 0 Å². The zero-order valence-corrected chi connectivity index (χ0v) is 9.84. The summed E-state index contributed by atoms with van der Waals surface area (Å²) in [5, 5.41) is 12.5. The maximum absolute atomic E-state index is 9.05. The normalized spacial score (nSPS) is 33.6. The predicted molar refractivity (Wildman–Crippen MR) is 60.3 cm³/mol. The largest absolute Gasteiger partial charge is 0.396 e. The predicted octanol–water partition coefficient (Wildman–Crippen LogP) is 2.17. The Kier molecular flexibility index (Phi) is 4.39. The molecule has 2 nitrogen and oxygen atoms in total. The summed E-state index contributed by atoms with van der Waals surface area (Å²) in [7, 11) is 2.03. The molecule has 2 heteroatoms. The van der Waals surface area contributed by atoms with Gasteiger partial charge in [-0.2, -0.15) is 0 Å². The van der Waals surface area contributed by atoms with E-state index in [9.17, 15) is 0 Å². The minimum absolute atomic E-state index is 0.236. The maximum Gasteiger partial charge on any atom is 0.0448 e. The Morgan fingerprint density at radius 2 is 1.93 bits per heavy atom. The number of nitrogens with one attached hydrogen (secondary N) is 1. The fraction of sp³-hybridized carbons (Fsp3) is 1.00. The van der Waals surface area contributed by atoms with Crippen LogP contribution in [0, 0.1) is 11.8 Å². The van der Waals surface area contributed by atoms with Gasteiger partial charge >= 0.3 is 0 Å². The topological polar surface area (TPSA) is 32.3 Å². The highest BCUT2D eigenvalue weighted by molar-refractivity contribution is 4.92. The molecule has 0 saturated heterocycles. The molecule has 0 aliphatic heterocycles. The van der Waals surface area contributed by atoms with Crippen molar-refractivity contribution in [2.45, 2.75) is 51.5 Å². The minimum Gasteiger partial charge on any atom is -0.396 e. The van der Waals surface area contributed by atoms with Crippen LogP contribution in [0.1, 0.15) is 46.0 Å². The molecule has 0 aromatic heterocycles. The summed E-state index contributed by atoms with van der Waals surface area (Å²) in [6.07, 6.45) is 6.01. The van der Waals surface area contributed by atoms with Crippen LogP contribution in [0.3, 0.4) is 0 Å². The summed E-state index contributed by atoms with van der Waals surface area (Å²) in [5.74, 6) is 1.72. The van der Waals surface area contributed by atoms with E-state index in [0.29, 0.717) is 6.61 Å². The van der Waals surface area contributed by atoms with E-state index in [4.69, 9.17) is 5.11 Å². The van der Waals surface area contributed by atoms with Gasteiger partial charge in [0.05, 0.1) is 0 Å². The number of hydrogen-bond acceptors (Lipinski definition) is 2. The van der Waals surface area contributed by atoms with Crippen LogP contribution in [0.15, 0.2) is 0 Å². The first-order chi connectivity index (χ1) is 6.63. The van der Waals surface area contributed by atoms with E-state index in [2.05, 4.69) is 19.2 Å². The van der Waals surface area contributed by atoms with Crippen molar-refractivity contribution in [2.24, 2.45) is 11.8 Å². The van der Waals surface area contributed by atoms with Crippen molar-refractivity contribution in [2.75, 3.05) is 13.7 Å². The number of rotatable bonds is 4. The van der Waals surface area contributed by atoms with Crippen LogP contribution in [0.25, 0.3) is 0 Å². The van der Waals surface area contributed by atoms with Crippen molar-refractivity contribution < 1.29 is 5.11 Å². The molecule has 0 atom stereocenters. The van der Waals surface area contributed by atoms with E-state index < -0.39 is 0 Å². The Balaban J connectivity index is 2.46. The molecule has 1 fully saturated rings. The third-order valence-corrected chi connectivity index (χ3v) is 4.05. The van der Waals surface area contributed by atoms with E-state index in [-0.39, 0.29) is 5.54 Å². The van der Waals surface area contributed by atoms with E-state index >= 15 is 0 Å². The third-order valence-electron chi connectivity index (χ3n) is 4.05. The quantitative estimate of drug-likeness (QED) is 0.727. The van der Waals surface area contributed by atoms with Crippen molar-refractivity contribution in [1.29, 1.82) is 0 Å². The molecule has 1 rings (SSSR count). The van der Waals surface area contributed by atoms with Crippen LogP contribution in [0.5, 0.6) is 0 Å². The first-order valence-corrected chi connectivity index (χ1v) is 5.93. The molecule has 84 valence electrons. The highest BCUT2D eigenvalue weighted by atomic mass is 16.3. The van der Waals surface area contributed by atoms with Crippen molar-refractivity contribution in [1.82, 2.24) is 5.32 Å². The van der Waals surface area contributed by atoms with E-state index in [1.807, 2.05) is 7.05 Å². The Morgan fingerprint density at radius 3 is 2.29 bits per heavy atom. The first kappa shape index (κ1) is 12.0. The van der Waals surface area contributed by atoms with Gasteiger partial charge in [0, 0.05) is 12.1 Å². The molecule has 1 saturated carbocycles. The second-order valence-electron chi connectivity index (χ2n) is 5.09. The van der Waals surface area contributed by atoms with Gasteiger partial charge in [-0.1, -0.05) is 13.8 Å². The molecule has 0 aromatic rings. The minimum atomic E-state index is 0.236. The summed E-state index contributed by atoms with van der Waals surface area (Å²) in [4.78, 5) is 0. The van der Waals surface area contributed by atoms with Gasteiger partial charge in [0.15, 0.2) is 0 Å². The molecule has 0 radical (unpaired) electrons. The number of hydrogen-bond donors (Lipinski definition) is 2. The lowest BCUT2D eigenvalue weighted by atomic mass is 9.71. The van der Waals surface area contributed by atoms with Crippen molar-refractivity contribution in [3.63, 3.8) is 0 Å². The van der Waals surface area contributed by atoms with Gasteiger partial charge in [0.2, 0.25) is 0 Å². The van der Waals surface area contributed by atoms with Gasteiger partial charge in [-0.3, -0.25) is 0 Å². The average Bonchev–Trinajstić information content (AvgIpc) is 2.19. The van der Waals surface area contributed by atoms with E-state index in [0.717, 1.165) is 18.3 Å². The highest BCUT2D eigenvalue weighted by Gasteiger charge is 2.33. The molecule has 2 N–H and O–H groups in total. The van der Waals surface area contributed by atoms with Crippen LogP contribution in [-0.4, -0.2) is 24.3 Å². The molecule has 1 aliphatic rings. The van der Waals surface area contributed by atoms with Crippen LogP contribution < -0.4 is 5.32 Å². The van der Waals surface area contributed by atoms with Crippen molar-refractivity contribution >= 4 is 0 Å². The van der Waals surface area contributed by atoms with Gasteiger partial charge in [0.1, 0.15) is 0 Å². The summed E-state index contributed by atoms with van der Waals surface area (Å²) < 4.78 is 0. The lowest BCUT2D eigenvalue weighted by Crippen LogP contribution is -2.47. The fourth-order valence-electron chi connectivity index (χ4n) is 2.70. The summed E-state index contributed by atoms with van der Waals surface area (Å²) in [6.45, 7) is 4.96. The molecule has 0 aromatic carbocycles. The van der Waals surface area contributed by atoms with Crippen LogP contribution in [-0.2, 0) is 0 Å². The fourth-order valence-corrected chi connectivity index (χ4v) is 2.70. The van der Waals surface area contributed by atoms with Crippen molar-refractivity contribution in [3.8, 4) is 0 Å². The van der Waals surface area contributed by atoms with Gasteiger partial charge in [0.25, 0.3) is 0 Å². The molecular weight excluding hydrogens is 174 g/mol. The molecule has 0 bridgehead atoms. The molecule has 0 spiro atoms. The molecule has 14 heavy (non-hydrogen) atoms. The van der Waals surface area contributed by atoms with E-state index in [1.54, 1.807) is 0 Å². The zero-order valence-electron chi connectivity index (χ0n) is 9.84. The Labute approximate surface area is 88.1 Å². The van der Waals surface area contributed by atoms with Crippen LogP contribution >= 0.6 is 0 Å². The Morgan fingerprint density at radius 1 is 1.36 bits per heavy atom. The zero-order chi connectivity index (χ0) is 10.6. The van der Waals surface area contributed by atoms with E-state index in [1.165, 1.54) is 25.7 Å². The Hall–Kier alpha value is -0.0800. The first-order valence-electron chi connectivity index (χ1n) is 5.93. The maximum atomic E-state index is 9.05. The van der Waals surface area contributed by atoms with Gasteiger partial charge in [-0.25, -0.2) is 0 Å². The lowest BCUT2D eigenvalue weighted by molar-refractivity contribution is 0.132. The SMILES string of the molecule is CNC1(CCO)CCC(C(C)C)CC1. The standard InChI is InChI=1S/C12H25NO/c1-10(2)11-4-6-12(13-3,7-5-11)8-9-14/h10-11,13-14H,4-9H2,1-3H3. The second-order valence-corrected chi connectivity index (χ2v) is 5.09. The van der Waals surface area contributed by atoms with Crippen LogP contribution in [0.4, 0.5) is 0 Å². The summed E-state index contributed by atoms with van der Waals surface area (Å²) >= 11 is 0. The second kappa shape index (κ2) is 5.13. The van der Waals surface area contributed by atoms with Gasteiger partial charge in [-0.15, -0.1) is 0 Å². The molecular formula is C12H25NO. The highest BCUT2D eigenvalue weighted by Crippen LogP contribution is 2.37. The number of aliphatic hydroxyl groups is 1. The monoisotopic (exact) mass is 199 g/mol. The molecule has 0 amide bonds. The average molecular weight is 199 g/mol.